The number of hydrogen-bond acceptors (Lipinski definition) is 10. The van der Waals surface area contributed by atoms with E-state index < -0.39 is 36.1 Å². The van der Waals surface area contributed by atoms with Crippen LogP contribution in [0.5, 0.6) is 11.5 Å². The molecule has 1 aromatic carbocycles. The molecule has 0 bridgehead atoms. The fraction of sp³-hybridized carbons (Fsp3) is 0.483. The number of ether oxygens (including phenoxy) is 5. The Kier molecular flexibility index (Phi) is 9.70. The van der Waals surface area contributed by atoms with Crippen molar-refractivity contribution in [2.24, 2.45) is 11.8 Å². The molecule has 2 fully saturated rings. The molecule has 11 nitrogen and oxygen atoms in total. The molecule has 4 rings (SSSR count). The number of nitrogens with one attached hydrogen (secondary N) is 1. The minimum atomic E-state index is -1.19. The van der Waals surface area contributed by atoms with Gasteiger partial charge >= 0.3 is 17.9 Å². The number of esters is 3. The van der Waals surface area contributed by atoms with Crippen LogP contribution in [0.1, 0.15) is 49.2 Å². The predicted octanol–water partition coefficient (Wildman–Crippen LogP) is 2.65. The zero-order valence-corrected chi connectivity index (χ0v) is 22.8. The number of amides is 1. The van der Waals surface area contributed by atoms with Crippen LogP contribution in [0.4, 0.5) is 0 Å². The molecule has 1 aliphatic carbocycles. The summed E-state index contributed by atoms with van der Waals surface area (Å²) in [5.41, 5.74) is 0.881. The van der Waals surface area contributed by atoms with Crippen molar-refractivity contribution in [2.75, 3.05) is 20.3 Å². The molecule has 0 radical (unpaired) electrons. The van der Waals surface area contributed by atoms with E-state index in [1.165, 1.54) is 26.3 Å². The summed E-state index contributed by atoms with van der Waals surface area (Å²) in [6, 6.07) is 10.1. The predicted molar refractivity (Wildman–Crippen MR) is 141 cm³/mol. The van der Waals surface area contributed by atoms with E-state index in [1.807, 2.05) is 30.3 Å². The van der Waals surface area contributed by atoms with Crippen molar-refractivity contribution in [3.05, 3.63) is 53.9 Å². The monoisotopic (exact) mass is 554 g/mol. The quantitative estimate of drug-likeness (QED) is 0.460. The van der Waals surface area contributed by atoms with Crippen LogP contribution < -0.4 is 14.8 Å². The normalized spacial score (nSPS) is 23.0. The van der Waals surface area contributed by atoms with Crippen LogP contribution in [0.25, 0.3) is 0 Å². The number of aryl methyl sites for hydroxylation is 1. The van der Waals surface area contributed by atoms with Gasteiger partial charge in [-0.15, -0.1) is 0 Å². The van der Waals surface area contributed by atoms with Gasteiger partial charge < -0.3 is 29.0 Å². The average Bonchev–Trinajstić information content (AvgIpc) is 3.78. The van der Waals surface area contributed by atoms with E-state index >= 15 is 0 Å². The van der Waals surface area contributed by atoms with Crippen molar-refractivity contribution in [3.8, 4) is 11.5 Å². The number of carbonyl (C=O) groups excluding carboxylic acids is 4. The Morgan fingerprint density at radius 3 is 2.52 bits per heavy atom. The number of pyridine rings is 1. The summed E-state index contributed by atoms with van der Waals surface area (Å²) < 4.78 is 27.9. The van der Waals surface area contributed by atoms with Gasteiger partial charge in [0.2, 0.25) is 5.75 Å². The second-order valence-electron chi connectivity index (χ2n) is 9.95. The van der Waals surface area contributed by atoms with Crippen LogP contribution in [0.3, 0.4) is 0 Å². The van der Waals surface area contributed by atoms with E-state index in [0.717, 1.165) is 18.4 Å². The van der Waals surface area contributed by atoms with Crippen molar-refractivity contribution >= 4 is 23.8 Å². The Bertz CT molecular complexity index is 1220. The minimum absolute atomic E-state index is 0.124. The lowest BCUT2D eigenvalue weighted by molar-refractivity contribution is -0.172. The van der Waals surface area contributed by atoms with Gasteiger partial charge in [0.15, 0.2) is 17.5 Å². The number of cyclic esters (lactones) is 1. The van der Waals surface area contributed by atoms with Gasteiger partial charge in [-0.2, -0.15) is 0 Å². The topological polar surface area (TPSA) is 139 Å². The van der Waals surface area contributed by atoms with E-state index in [0.29, 0.717) is 12.8 Å². The molecule has 0 spiro atoms. The molecule has 11 heteroatoms. The van der Waals surface area contributed by atoms with Crippen molar-refractivity contribution in [3.63, 3.8) is 0 Å². The number of hydrogen-bond donors (Lipinski definition) is 1. The fourth-order valence-electron chi connectivity index (χ4n) is 4.52. The Morgan fingerprint density at radius 1 is 1.10 bits per heavy atom. The summed E-state index contributed by atoms with van der Waals surface area (Å²) in [6.07, 6.45) is 2.73. The first-order chi connectivity index (χ1) is 19.3. The van der Waals surface area contributed by atoms with Crippen molar-refractivity contribution in [1.29, 1.82) is 0 Å². The maximum Gasteiger partial charge on any atom is 0.331 e. The maximum absolute atomic E-state index is 13.2. The second kappa shape index (κ2) is 13.4. The molecular formula is C29H34N2O9. The Morgan fingerprint density at radius 2 is 1.85 bits per heavy atom. The number of methoxy groups -OCH3 is 1. The smallest absolute Gasteiger partial charge is 0.331 e. The van der Waals surface area contributed by atoms with Gasteiger partial charge in [-0.1, -0.05) is 30.3 Å². The zero-order chi connectivity index (χ0) is 28.6. The molecule has 0 unspecified atom stereocenters. The van der Waals surface area contributed by atoms with Gasteiger partial charge in [0, 0.05) is 25.1 Å². The highest BCUT2D eigenvalue weighted by Gasteiger charge is 2.40. The van der Waals surface area contributed by atoms with Crippen LogP contribution in [-0.2, 0) is 35.0 Å². The number of rotatable bonds is 9. The summed E-state index contributed by atoms with van der Waals surface area (Å²) in [5.74, 6) is -2.95. The van der Waals surface area contributed by atoms with Crippen LogP contribution in [0, 0.1) is 11.8 Å². The second-order valence-corrected chi connectivity index (χ2v) is 9.95. The largest absolute Gasteiger partial charge is 0.493 e. The third kappa shape index (κ3) is 7.56. The number of aromatic nitrogens is 1. The number of carbonyl (C=O) groups is 4. The fourth-order valence-corrected chi connectivity index (χ4v) is 4.52. The molecule has 2 aromatic rings. The summed E-state index contributed by atoms with van der Waals surface area (Å²) in [6.45, 7) is 2.85. The molecule has 1 saturated heterocycles. The lowest BCUT2D eigenvalue weighted by Gasteiger charge is -2.30. The van der Waals surface area contributed by atoms with E-state index in [9.17, 15) is 19.2 Å². The van der Waals surface area contributed by atoms with Crippen molar-refractivity contribution in [2.45, 2.75) is 57.8 Å². The molecule has 4 atom stereocenters. The highest BCUT2D eigenvalue weighted by Crippen LogP contribution is 2.33. The summed E-state index contributed by atoms with van der Waals surface area (Å²) >= 11 is 0. The van der Waals surface area contributed by atoms with Crippen LogP contribution >= 0.6 is 0 Å². The molecule has 2 heterocycles. The minimum Gasteiger partial charge on any atom is -0.493 e. The molecule has 1 aliphatic heterocycles. The standard InChI is InChI=1S/C29H34N2O9/c1-17-25(40-28(34)20-11-12-20)21(10-9-19-7-5-4-6-8-19)15-37-16-22(29(35)38-17)31-27(33)24-26(39-18(2)32)23(36-3)13-14-30-24/h4-8,13-14,17,20-22,25H,9-12,15-16H2,1-3H3,(H,31,33)/t17-,21-,22-,25-/m0/s1. The van der Waals surface area contributed by atoms with Crippen LogP contribution in [0.15, 0.2) is 42.6 Å². The Labute approximate surface area is 232 Å². The lowest BCUT2D eigenvalue weighted by Crippen LogP contribution is -2.46. The maximum atomic E-state index is 13.2. The molecule has 2 aliphatic rings. The first-order valence-corrected chi connectivity index (χ1v) is 13.3. The van der Waals surface area contributed by atoms with Gasteiger partial charge in [-0.05, 0) is 38.2 Å². The van der Waals surface area contributed by atoms with Gasteiger partial charge in [0.25, 0.3) is 5.91 Å². The Hall–Kier alpha value is -3.99. The first kappa shape index (κ1) is 29.0. The van der Waals surface area contributed by atoms with E-state index in [1.54, 1.807) is 6.92 Å². The van der Waals surface area contributed by atoms with Gasteiger partial charge in [0.05, 0.1) is 26.2 Å². The summed E-state index contributed by atoms with van der Waals surface area (Å²) in [7, 11) is 1.36. The van der Waals surface area contributed by atoms with Gasteiger partial charge in [-0.3, -0.25) is 14.4 Å². The third-order valence-corrected chi connectivity index (χ3v) is 6.79. The summed E-state index contributed by atoms with van der Waals surface area (Å²) in [4.78, 5) is 54.6. The molecule has 214 valence electrons. The SMILES string of the molecule is COc1ccnc(C(=O)N[C@H]2COC[C@H](CCc3ccccc3)[C@@H](OC(=O)C3CC3)[C@H](C)OC2=O)c1OC(C)=O. The van der Waals surface area contributed by atoms with Crippen molar-refractivity contribution < 1.29 is 42.9 Å². The van der Waals surface area contributed by atoms with E-state index in [-0.39, 0.29) is 48.2 Å². The molecule has 1 N–H and O–H groups in total. The van der Waals surface area contributed by atoms with E-state index in [2.05, 4.69) is 10.3 Å². The number of benzene rings is 1. The Balaban J connectivity index is 1.51. The third-order valence-electron chi connectivity index (χ3n) is 6.79. The van der Waals surface area contributed by atoms with Gasteiger partial charge in [0.1, 0.15) is 12.2 Å². The molecular weight excluding hydrogens is 520 g/mol. The first-order valence-electron chi connectivity index (χ1n) is 13.3. The number of nitrogens with zero attached hydrogens (tertiary/aromatic N) is 1. The molecule has 1 saturated carbocycles. The summed E-state index contributed by atoms with van der Waals surface area (Å²) in [5, 5.41) is 2.57. The highest BCUT2D eigenvalue weighted by atomic mass is 16.6. The van der Waals surface area contributed by atoms with Crippen LogP contribution in [0.2, 0.25) is 0 Å². The zero-order valence-electron chi connectivity index (χ0n) is 22.8. The average molecular weight is 555 g/mol. The van der Waals surface area contributed by atoms with Crippen LogP contribution in [-0.4, -0.2) is 67.4 Å². The van der Waals surface area contributed by atoms with E-state index in [4.69, 9.17) is 23.7 Å². The molecule has 40 heavy (non-hydrogen) atoms. The highest BCUT2D eigenvalue weighted by molar-refractivity contribution is 5.98. The molecule has 1 aromatic heterocycles. The van der Waals surface area contributed by atoms with Gasteiger partial charge in [-0.25, -0.2) is 9.78 Å². The molecule has 1 amide bonds. The van der Waals surface area contributed by atoms with Crippen molar-refractivity contribution in [1.82, 2.24) is 10.3 Å². The lowest BCUT2D eigenvalue weighted by atomic mass is 9.92.